The molecule has 7 aromatic rings. The molecule has 0 atom stereocenters. The zero-order valence-corrected chi connectivity index (χ0v) is 26.4. The highest BCUT2D eigenvalue weighted by Crippen LogP contribution is 2.28. The number of aryl methyl sites for hydroxylation is 1. The lowest BCUT2D eigenvalue weighted by molar-refractivity contribution is 0.829. The monoisotopic (exact) mass is 639 g/mol. The molecule has 1 aliphatic heterocycles. The van der Waals surface area contributed by atoms with Crippen molar-refractivity contribution in [1.82, 2.24) is 39.7 Å². The minimum absolute atomic E-state index is 0.304. The maximum absolute atomic E-state index is 6.05. The molecule has 0 unspecified atom stereocenters. The minimum Gasteiger partial charge on any atom is -0.382 e. The van der Waals surface area contributed by atoms with E-state index >= 15 is 0 Å². The number of halogens is 1. The Bertz CT molecular complexity index is 2260. The van der Waals surface area contributed by atoms with Gasteiger partial charge in [0.2, 0.25) is 0 Å². The molecule has 8 rings (SSSR count). The third-order valence-electron chi connectivity index (χ3n) is 7.02. The van der Waals surface area contributed by atoms with Crippen LogP contribution in [0.15, 0.2) is 115 Å². The molecule has 5 aromatic heterocycles. The van der Waals surface area contributed by atoms with E-state index < -0.39 is 0 Å². The van der Waals surface area contributed by atoms with E-state index in [1.165, 1.54) is 6.20 Å². The quantitative estimate of drug-likeness (QED) is 0.214. The lowest BCUT2D eigenvalue weighted by Crippen LogP contribution is -2.05. The van der Waals surface area contributed by atoms with Crippen LogP contribution in [0.3, 0.4) is 0 Å². The van der Waals surface area contributed by atoms with Crippen LogP contribution < -0.4 is 11.5 Å². The Kier molecular flexibility index (Phi) is 9.16. The van der Waals surface area contributed by atoms with Gasteiger partial charge in [-0.3, -0.25) is 15.0 Å². The molecule has 2 aromatic carbocycles. The Balaban J connectivity index is 0.000000143. The zero-order valence-electron chi connectivity index (χ0n) is 25.7. The van der Waals surface area contributed by atoms with Gasteiger partial charge in [-0.05, 0) is 62.4 Å². The smallest absolute Gasteiger partial charge is 0.182 e. The standard InChI is InChI=1S/C17H14N6.C13H9ClN4.C5H7N/c1-11-6-8-23(22-11)17-16(20-10-15(18)21-17)13-4-5-14-12(9-13)3-2-7-19-14;14-13-12(17-7-11(15)18-13)9-3-4-10-8(6-9)2-1-5-16-10;1-5-3-2-4-6-5/h2-10H,1H3,(H2,18,21);1-7H,(H2,15,18);2-3H,4H2,1H3. The largest absolute Gasteiger partial charge is 0.382 e. The van der Waals surface area contributed by atoms with Crippen molar-refractivity contribution < 1.29 is 0 Å². The average molecular weight is 640 g/mol. The molecule has 6 heterocycles. The number of benzene rings is 2. The van der Waals surface area contributed by atoms with Gasteiger partial charge in [0.1, 0.15) is 23.0 Å². The molecule has 0 saturated carbocycles. The van der Waals surface area contributed by atoms with Crippen LogP contribution in [-0.4, -0.2) is 51.9 Å². The molecule has 0 saturated heterocycles. The molecule has 0 spiro atoms. The lowest BCUT2D eigenvalue weighted by Gasteiger charge is -2.09. The van der Waals surface area contributed by atoms with Crippen LogP contribution in [0.5, 0.6) is 0 Å². The second-order valence-electron chi connectivity index (χ2n) is 10.5. The van der Waals surface area contributed by atoms with Crippen LogP contribution in [0.4, 0.5) is 11.6 Å². The molecule has 47 heavy (non-hydrogen) atoms. The summed E-state index contributed by atoms with van der Waals surface area (Å²) >= 11 is 6.05. The van der Waals surface area contributed by atoms with Crippen molar-refractivity contribution in [2.45, 2.75) is 13.8 Å². The summed E-state index contributed by atoms with van der Waals surface area (Å²) < 4.78 is 1.70. The number of allylic oxidation sites excluding steroid dienone is 1. The first-order valence-corrected chi connectivity index (χ1v) is 15.0. The van der Waals surface area contributed by atoms with E-state index in [2.05, 4.69) is 46.1 Å². The molecule has 12 heteroatoms. The molecule has 0 amide bonds. The Labute approximate surface area is 275 Å². The molecule has 1 aliphatic rings. The first kappa shape index (κ1) is 30.9. The number of aliphatic imine (C=N–C) groups is 1. The van der Waals surface area contributed by atoms with Crippen LogP contribution in [0.1, 0.15) is 12.6 Å². The number of hydrogen-bond acceptors (Lipinski definition) is 10. The van der Waals surface area contributed by atoms with Crippen LogP contribution in [0.2, 0.25) is 5.15 Å². The van der Waals surface area contributed by atoms with Crippen LogP contribution in [0, 0.1) is 6.92 Å². The Hall–Kier alpha value is -6.07. The van der Waals surface area contributed by atoms with E-state index in [9.17, 15) is 0 Å². The van der Waals surface area contributed by atoms with Gasteiger partial charge in [-0.25, -0.2) is 24.6 Å². The maximum Gasteiger partial charge on any atom is 0.182 e. The van der Waals surface area contributed by atoms with Crippen LogP contribution >= 0.6 is 11.6 Å². The summed E-state index contributed by atoms with van der Waals surface area (Å²) in [6.45, 7) is 4.83. The van der Waals surface area contributed by atoms with Crippen molar-refractivity contribution in [3.05, 3.63) is 121 Å². The average Bonchev–Trinajstić information content (AvgIpc) is 3.75. The fourth-order valence-corrected chi connectivity index (χ4v) is 5.04. The van der Waals surface area contributed by atoms with Gasteiger partial charge in [0.05, 0.1) is 35.7 Å². The molecule has 0 aliphatic carbocycles. The molecule has 4 N–H and O–H groups in total. The van der Waals surface area contributed by atoms with Gasteiger partial charge in [0.15, 0.2) is 11.0 Å². The third-order valence-corrected chi connectivity index (χ3v) is 7.28. The van der Waals surface area contributed by atoms with Crippen molar-refractivity contribution >= 4 is 50.8 Å². The summed E-state index contributed by atoms with van der Waals surface area (Å²) in [6.07, 6.45) is 12.5. The van der Waals surface area contributed by atoms with Crippen molar-refractivity contribution in [3.63, 3.8) is 0 Å². The van der Waals surface area contributed by atoms with Gasteiger partial charge < -0.3 is 11.5 Å². The molecule has 0 fully saturated rings. The molecular formula is C35H30ClN11. The van der Waals surface area contributed by atoms with E-state index in [1.807, 2.05) is 92.9 Å². The van der Waals surface area contributed by atoms with E-state index in [-0.39, 0.29) is 0 Å². The molecule has 232 valence electrons. The fourth-order valence-electron chi connectivity index (χ4n) is 4.78. The number of aromatic nitrogens is 8. The number of nitrogen functional groups attached to an aromatic ring is 2. The minimum atomic E-state index is 0.304. The molecule has 0 bridgehead atoms. The van der Waals surface area contributed by atoms with E-state index in [0.717, 1.165) is 56.6 Å². The van der Waals surface area contributed by atoms with Gasteiger partial charge >= 0.3 is 0 Å². The second-order valence-corrected chi connectivity index (χ2v) is 10.9. The number of nitrogens with zero attached hydrogens (tertiary/aromatic N) is 9. The normalized spacial score (nSPS) is 11.9. The van der Waals surface area contributed by atoms with Crippen molar-refractivity contribution in [2.24, 2.45) is 4.99 Å². The summed E-state index contributed by atoms with van der Waals surface area (Å²) in [4.78, 5) is 29.7. The van der Waals surface area contributed by atoms with E-state index in [1.54, 1.807) is 23.3 Å². The lowest BCUT2D eigenvalue weighted by atomic mass is 10.1. The predicted molar refractivity (Wildman–Crippen MR) is 188 cm³/mol. The van der Waals surface area contributed by atoms with E-state index in [0.29, 0.717) is 28.3 Å². The zero-order chi connectivity index (χ0) is 32.8. The molecule has 0 radical (unpaired) electrons. The van der Waals surface area contributed by atoms with Gasteiger partial charge in [-0.2, -0.15) is 5.10 Å². The van der Waals surface area contributed by atoms with Crippen molar-refractivity contribution in [3.8, 4) is 28.3 Å². The number of hydrogen-bond donors (Lipinski definition) is 2. The number of anilines is 2. The highest BCUT2D eigenvalue weighted by Gasteiger charge is 2.13. The Morgan fingerprint density at radius 1 is 0.723 bits per heavy atom. The first-order chi connectivity index (χ1) is 22.8. The van der Waals surface area contributed by atoms with Gasteiger partial charge in [-0.15, -0.1) is 0 Å². The number of fused-ring (bicyclic) bond motifs is 2. The maximum atomic E-state index is 6.05. The predicted octanol–water partition coefficient (Wildman–Crippen LogP) is 6.71. The summed E-state index contributed by atoms with van der Waals surface area (Å²) in [7, 11) is 0. The van der Waals surface area contributed by atoms with Crippen molar-refractivity contribution in [1.29, 1.82) is 0 Å². The second kappa shape index (κ2) is 13.9. The highest BCUT2D eigenvalue weighted by molar-refractivity contribution is 6.32. The number of nitrogens with two attached hydrogens (primary N) is 2. The number of pyridine rings is 2. The SMILES string of the molecule is CC1=NCC=C1.Cc1ccn(-c2nc(N)cnc2-c2ccc3ncccc3c2)n1.Nc1cnc(-c2ccc3ncccc3c2)c(Cl)n1. The van der Waals surface area contributed by atoms with Gasteiger partial charge in [0.25, 0.3) is 0 Å². The number of rotatable bonds is 3. The highest BCUT2D eigenvalue weighted by atomic mass is 35.5. The topological polar surface area (TPSA) is 160 Å². The van der Waals surface area contributed by atoms with Crippen LogP contribution in [0.25, 0.3) is 50.1 Å². The van der Waals surface area contributed by atoms with Gasteiger partial charge in [-0.1, -0.05) is 41.9 Å². The fraction of sp³-hybridized carbons (Fsp3) is 0.0857. The molecular weight excluding hydrogens is 610 g/mol. The van der Waals surface area contributed by atoms with E-state index in [4.69, 9.17) is 23.1 Å². The molecule has 11 nitrogen and oxygen atoms in total. The van der Waals surface area contributed by atoms with Crippen LogP contribution in [-0.2, 0) is 0 Å². The summed E-state index contributed by atoms with van der Waals surface area (Å²) in [6, 6.07) is 21.6. The summed E-state index contributed by atoms with van der Waals surface area (Å²) in [5, 5.41) is 6.80. The first-order valence-electron chi connectivity index (χ1n) is 14.6. The third kappa shape index (κ3) is 7.43. The summed E-state index contributed by atoms with van der Waals surface area (Å²) in [5.41, 5.74) is 18.5. The summed E-state index contributed by atoms with van der Waals surface area (Å²) in [5.74, 6) is 1.28. The van der Waals surface area contributed by atoms with Crippen molar-refractivity contribution in [2.75, 3.05) is 18.0 Å². The Morgan fingerprint density at radius 2 is 1.34 bits per heavy atom. The van der Waals surface area contributed by atoms with Gasteiger partial charge in [0, 0.05) is 46.2 Å². The Morgan fingerprint density at radius 3 is 1.87 bits per heavy atom.